The van der Waals surface area contributed by atoms with Crippen LogP contribution in [0.1, 0.15) is 43.0 Å². The van der Waals surface area contributed by atoms with E-state index in [2.05, 4.69) is 34.3 Å². The van der Waals surface area contributed by atoms with Crippen molar-refractivity contribution in [2.45, 2.75) is 40.3 Å². The minimum Gasteiger partial charge on any atom is -0.338 e. The van der Waals surface area contributed by atoms with Gasteiger partial charge in [-0.1, -0.05) is 19.0 Å². The predicted octanol–water partition coefficient (Wildman–Crippen LogP) is 2.24. The third kappa shape index (κ3) is 3.18. The minimum absolute atomic E-state index is 0.0553. The molecule has 23 heavy (non-hydrogen) atoms. The fourth-order valence-corrected chi connectivity index (χ4v) is 3.34. The summed E-state index contributed by atoms with van der Waals surface area (Å²) in [6.07, 6.45) is 0. The Bertz CT molecular complexity index is 880. The van der Waals surface area contributed by atoms with Crippen LogP contribution in [-0.2, 0) is 6.54 Å². The van der Waals surface area contributed by atoms with Gasteiger partial charge in [0.05, 0.1) is 11.7 Å². The van der Waals surface area contributed by atoms with Gasteiger partial charge in [0.1, 0.15) is 0 Å². The van der Waals surface area contributed by atoms with Crippen molar-refractivity contribution >= 4 is 16.3 Å². The van der Waals surface area contributed by atoms with Gasteiger partial charge in [-0.3, -0.25) is 14.5 Å². The van der Waals surface area contributed by atoms with Crippen molar-refractivity contribution < 1.29 is 4.52 Å². The highest BCUT2D eigenvalue weighted by molar-refractivity contribution is 7.15. The van der Waals surface area contributed by atoms with Crippen LogP contribution in [0.5, 0.6) is 0 Å². The summed E-state index contributed by atoms with van der Waals surface area (Å²) in [6.45, 7) is 8.31. The average Bonchev–Trinajstić information content (AvgIpc) is 3.06. The second-order valence-electron chi connectivity index (χ2n) is 5.86. The summed E-state index contributed by atoms with van der Waals surface area (Å²) in [5.41, 5.74) is 1.56. The number of nitrogens with one attached hydrogen (secondary N) is 1. The van der Waals surface area contributed by atoms with E-state index in [-0.39, 0.29) is 17.5 Å². The Hall–Kier alpha value is -2.06. The van der Waals surface area contributed by atoms with Crippen molar-refractivity contribution in [3.63, 3.8) is 0 Å². The Balaban J connectivity index is 1.82. The molecule has 0 unspecified atom stereocenters. The van der Waals surface area contributed by atoms with Crippen LogP contribution in [0.25, 0.3) is 4.96 Å². The number of aromatic nitrogens is 4. The van der Waals surface area contributed by atoms with E-state index < -0.39 is 0 Å². The van der Waals surface area contributed by atoms with E-state index in [4.69, 9.17) is 4.52 Å². The number of rotatable bonds is 5. The van der Waals surface area contributed by atoms with Gasteiger partial charge < -0.3 is 4.52 Å². The van der Waals surface area contributed by atoms with E-state index in [1.54, 1.807) is 17.4 Å². The first-order valence-corrected chi connectivity index (χ1v) is 8.34. The van der Waals surface area contributed by atoms with Crippen LogP contribution in [0, 0.1) is 19.8 Å². The molecule has 0 amide bonds. The number of thiazole rings is 1. The predicted molar refractivity (Wildman–Crippen MR) is 87.5 cm³/mol. The fourth-order valence-electron chi connectivity index (χ4n) is 2.45. The highest BCUT2D eigenvalue weighted by Crippen LogP contribution is 2.20. The maximum atomic E-state index is 12.2. The molecule has 1 N–H and O–H groups in total. The van der Waals surface area contributed by atoms with Crippen LogP contribution in [0.2, 0.25) is 0 Å². The molecular weight excluding hydrogens is 314 g/mol. The molecule has 0 aliphatic carbocycles. The summed E-state index contributed by atoms with van der Waals surface area (Å²) in [7, 11) is 0. The second-order valence-corrected chi connectivity index (χ2v) is 6.70. The zero-order chi connectivity index (χ0) is 16.6. The number of hydrogen-bond acceptors (Lipinski definition) is 7. The summed E-state index contributed by atoms with van der Waals surface area (Å²) in [5, 5.41) is 9.13. The molecule has 7 nitrogen and oxygen atoms in total. The Morgan fingerprint density at radius 1 is 1.35 bits per heavy atom. The van der Waals surface area contributed by atoms with Gasteiger partial charge in [-0.2, -0.15) is 4.98 Å². The van der Waals surface area contributed by atoms with Crippen LogP contribution in [-0.4, -0.2) is 19.5 Å². The van der Waals surface area contributed by atoms with Crippen LogP contribution in [0.4, 0.5) is 0 Å². The highest BCUT2D eigenvalue weighted by Gasteiger charge is 2.21. The quantitative estimate of drug-likeness (QED) is 0.771. The first-order valence-electron chi connectivity index (χ1n) is 7.46. The zero-order valence-electron chi connectivity index (χ0n) is 13.5. The Kier molecular flexibility index (Phi) is 4.27. The van der Waals surface area contributed by atoms with Gasteiger partial charge in [0.2, 0.25) is 5.89 Å². The molecule has 0 aliphatic heterocycles. The SMILES string of the molecule is Cc1noc([C@H](NCc2cc(=O)n3c(C)csc3n2)C(C)C)n1. The lowest BCUT2D eigenvalue weighted by Gasteiger charge is -2.18. The van der Waals surface area contributed by atoms with Gasteiger partial charge in [-0.25, -0.2) is 4.98 Å². The summed E-state index contributed by atoms with van der Waals surface area (Å²) in [6, 6.07) is 1.48. The molecule has 3 aromatic heterocycles. The van der Waals surface area contributed by atoms with Crippen molar-refractivity contribution in [2.24, 2.45) is 5.92 Å². The Morgan fingerprint density at radius 2 is 2.13 bits per heavy atom. The average molecular weight is 333 g/mol. The molecule has 0 saturated heterocycles. The van der Waals surface area contributed by atoms with Gasteiger partial charge in [0, 0.05) is 23.7 Å². The van der Waals surface area contributed by atoms with Gasteiger partial charge in [-0.05, 0) is 19.8 Å². The largest absolute Gasteiger partial charge is 0.338 e. The number of nitrogens with zero attached hydrogens (tertiary/aromatic N) is 4. The Morgan fingerprint density at radius 3 is 2.78 bits per heavy atom. The van der Waals surface area contributed by atoms with Crippen LogP contribution >= 0.6 is 11.3 Å². The third-order valence-corrected chi connectivity index (χ3v) is 4.55. The molecule has 0 fully saturated rings. The molecule has 1 atom stereocenters. The lowest BCUT2D eigenvalue weighted by atomic mass is 10.0. The molecular formula is C15H19N5O2S. The topological polar surface area (TPSA) is 85.3 Å². The molecule has 122 valence electrons. The lowest BCUT2D eigenvalue weighted by molar-refractivity contribution is 0.286. The van der Waals surface area contributed by atoms with E-state index in [0.29, 0.717) is 28.9 Å². The second kappa shape index (κ2) is 6.21. The van der Waals surface area contributed by atoms with E-state index in [1.807, 2.05) is 12.3 Å². The summed E-state index contributed by atoms with van der Waals surface area (Å²) >= 11 is 1.47. The first-order chi connectivity index (χ1) is 11.0. The van der Waals surface area contributed by atoms with Crippen LogP contribution < -0.4 is 10.9 Å². The smallest absolute Gasteiger partial charge is 0.259 e. The number of aryl methyl sites for hydroxylation is 2. The van der Waals surface area contributed by atoms with E-state index in [0.717, 1.165) is 5.69 Å². The zero-order valence-corrected chi connectivity index (χ0v) is 14.3. The van der Waals surface area contributed by atoms with Crippen LogP contribution in [0.3, 0.4) is 0 Å². The Labute approximate surface area is 137 Å². The first kappa shape index (κ1) is 15.8. The molecule has 3 rings (SSSR count). The summed E-state index contributed by atoms with van der Waals surface area (Å²) in [4.78, 5) is 21.7. The van der Waals surface area contributed by atoms with Crippen molar-refractivity contribution in [3.05, 3.63) is 44.9 Å². The third-order valence-electron chi connectivity index (χ3n) is 3.61. The van der Waals surface area contributed by atoms with Crippen LogP contribution in [0.15, 0.2) is 20.8 Å². The molecule has 0 spiro atoms. The van der Waals surface area contributed by atoms with E-state index >= 15 is 0 Å². The van der Waals surface area contributed by atoms with E-state index in [1.165, 1.54) is 11.3 Å². The lowest BCUT2D eigenvalue weighted by Crippen LogP contribution is -2.27. The van der Waals surface area contributed by atoms with Gasteiger partial charge in [0.25, 0.3) is 5.56 Å². The van der Waals surface area contributed by atoms with Crippen molar-refractivity contribution in [1.29, 1.82) is 0 Å². The minimum atomic E-state index is -0.0819. The van der Waals surface area contributed by atoms with Gasteiger partial charge >= 0.3 is 0 Å². The summed E-state index contributed by atoms with van der Waals surface area (Å²) in [5.74, 6) is 1.44. The van der Waals surface area contributed by atoms with Crippen molar-refractivity contribution in [1.82, 2.24) is 24.8 Å². The number of fused-ring (bicyclic) bond motifs is 1. The monoisotopic (exact) mass is 333 g/mol. The molecule has 0 bridgehead atoms. The molecule has 0 aromatic carbocycles. The van der Waals surface area contributed by atoms with Gasteiger partial charge in [0.15, 0.2) is 10.8 Å². The number of hydrogen-bond donors (Lipinski definition) is 1. The molecule has 3 heterocycles. The summed E-state index contributed by atoms with van der Waals surface area (Å²) < 4.78 is 6.89. The van der Waals surface area contributed by atoms with E-state index in [9.17, 15) is 4.79 Å². The standard InChI is InChI=1S/C15H19N5O2S/c1-8(2)13(14-17-10(4)19-22-14)16-6-11-5-12(21)20-9(3)7-23-15(20)18-11/h5,7-8,13,16H,6H2,1-4H3/t13-/m1/s1. The maximum absolute atomic E-state index is 12.2. The molecule has 3 aromatic rings. The molecule has 0 aliphatic rings. The van der Waals surface area contributed by atoms with Crippen molar-refractivity contribution in [3.8, 4) is 0 Å². The fraction of sp³-hybridized carbons (Fsp3) is 0.467. The normalized spacial score (nSPS) is 13.1. The highest BCUT2D eigenvalue weighted by atomic mass is 32.1. The van der Waals surface area contributed by atoms with Crippen molar-refractivity contribution in [2.75, 3.05) is 0 Å². The molecule has 8 heteroatoms. The maximum Gasteiger partial charge on any atom is 0.259 e. The molecule has 0 saturated carbocycles. The van der Waals surface area contributed by atoms with Gasteiger partial charge in [-0.15, -0.1) is 11.3 Å². The molecule has 0 radical (unpaired) electrons.